The Bertz CT molecular complexity index is 1330. The van der Waals surface area contributed by atoms with Crippen molar-refractivity contribution in [2.75, 3.05) is 31.1 Å². The molecule has 4 N–H and O–H groups in total. The zero-order chi connectivity index (χ0) is 23.6. The highest BCUT2D eigenvalue weighted by Gasteiger charge is 2.55. The van der Waals surface area contributed by atoms with Crippen molar-refractivity contribution in [1.82, 2.24) is 5.32 Å². The van der Waals surface area contributed by atoms with Crippen molar-refractivity contribution in [3.05, 3.63) is 76.3 Å². The standard InChI is InChI=1S/C25H20N2O7/c28-14-1-3-17-20(11-14)33-21-12-15(29)2-4-18(21)25(17)19-10-13(27-7-5-26-6-8-27)9-16(23(30)31)22(19)24(32)34-25/h1-4,9-12,26,28-29H,5-8H2,(H,30,31). The lowest BCUT2D eigenvalue weighted by Crippen LogP contribution is -2.43. The second-order valence-electron chi connectivity index (χ2n) is 8.49. The summed E-state index contributed by atoms with van der Waals surface area (Å²) in [6.45, 7) is 2.85. The van der Waals surface area contributed by atoms with Crippen molar-refractivity contribution in [3.8, 4) is 23.0 Å². The summed E-state index contributed by atoms with van der Waals surface area (Å²) in [5.74, 6) is -1.62. The molecule has 1 spiro atoms. The number of carboxylic acid groups (broad SMARTS) is 1. The largest absolute Gasteiger partial charge is 0.508 e. The fraction of sp³-hybridized carbons (Fsp3) is 0.200. The third-order valence-electron chi connectivity index (χ3n) is 6.57. The Morgan fingerprint density at radius 3 is 2.12 bits per heavy atom. The van der Waals surface area contributed by atoms with Crippen molar-refractivity contribution < 1.29 is 34.4 Å². The van der Waals surface area contributed by atoms with Gasteiger partial charge in [-0.1, -0.05) is 0 Å². The van der Waals surface area contributed by atoms with Crippen molar-refractivity contribution in [2.45, 2.75) is 5.60 Å². The number of carbonyl (C=O) groups excluding carboxylic acids is 1. The molecule has 3 aromatic carbocycles. The maximum absolute atomic E-state index is 13.3. The SMILES string of the molecule is O=C(O)c1cc(N2CCNCC2)cc2c1C(=O)OC21c2ccc(O)cc2Oc2cc(O)ccc21. The minimum absolute atomic E-state index is 0.0219. The average Bonchev–Trinajstić information content (AvgIpc) is 3.11. The molecule has 0 amide bonds. The number of phenolic OH excluding ortho intramolecular Hbond substituents is 2. The number of benzene rings is 3. The van der Waals surface area contributed by atoms with Gasteiger partial charge >= 0.3 is 11.9 Å². The van der Waals surface area contributed by atoms with E-state index in [0.29, 0.717) is 35.5 Å². The Kier molecular flexibility index (Phi) is 4.27. The maximum Gasteiger partial charge on any atom is 0.341 e. The van der Waals surface area contributed by atoms with E-state index in [2.05, 4.69) is 10.2 Å². The van der Waals surface area contributed by atoms with Crippen LogP contribution in [0.5, 0.6) is 23.0 Å². The summed E-state index contributed by atoms with van der Waals surface area (Å²) in [5, 5.41) is 33.4. The number of aromatic hydroxyl groups is 2. The molecular formula is C25H20N2O7. The van der Waals surface area contributed by atoms with Crippen LogP contribution in [0.1, 0.15) is 37.4 Å². The number of ether oxygens (including phenoxy) is 2. The summed E-state index contributed by atoms with van der Waals surface area (Å²) in [6, 6.07) is 12.2. The van der Waals surface area contributed by atoms with Crippen LogP contribution in [0.2, 0.25) is 0 Å². The first-order valence-corrected chi connectivity index (χ1v) is 10.8. The van der Waals surface area contributed by atoms with Crippen molar-refractivity contribution >= 4 is 17.6 Å². The first-order chi connectivity index (χ1) is 16.4. The molecule has 0 radical (unpaired) electrons. The van der Waals surface area contributed by atoms with Gasteiger partial charge in [0.25, 0.3) is 0 Å². The lowest BCUT2D eigenvalue weighted by molar-refractivity contribution is 0.0222. The summed E-state index contributed by atoms with van der Waals surface area (Å²) < 4.78 is 12.0. The minimum Gasteiger partial charge on any atom is -0.508 e. The second kappa shape index (κ2) is 7.13. The molecule has 0 aliphatic carbocycles. The molecule has 6 rings (SSSR count). The Balaban J connectivity index is 1.69. The molecule has 0 atom stereocenters. The molecule has 0 aromatic heterocycles. The fourth-order valence-electron chi connectivity index (χ4n) is 5.08. The summed E-state index contributed by atoms with van der Waals surface area (Å²) in [7, 11) is 0. The lowest BCUT2D eigenvalue weighted by atomic mass is 9.76. The third-order valence-corrected chi connectivity index (χ3v) is 6.57. The van der Waals surface area contributed by atoms with E-state index in [0.717, 1.165) is 13.1 Å². The predicted octanol–water partition coefficient (Wildman–Crippen LogP) is 2.77. The topological polar surface area (TPSA) is 129 Å². The van der Waals surface area contributed by atoms with Crippen molar-refractivity contribution in [2.24, 2.45) is 0 Å². The molecule has 0 saturated carbocycles. The van der Waals surface area contributed by atoms with E-state index in [-0.39, 0.29) is 34.1 Å². The Labute approximate surface area is 193 Å². The van der Waals surface area contributed by atoms with Gasteiger partial charge in [-0.2, -0.15) is 0 Å². The molecule has 3 aliphatic rings. The van der Waals surface area contributed by atoms with Gasteiger partial charge in [0.1, 0.15) is 23.0 Å². The van der Waals surface area contributed by atoms with Crippen LogP contribution in [-0.4, -0.2) is 53.4 Å². The number of carbonyl (C=O) groups is 2. The highest BCUT2D eigenvalue weighted by atomic mass is 16.6. The monoisotopic (exact) mass is 460 g/mol. The molecule has 34 heavy (non-hydrogen) atoms. The van der Waals surface area contributed by atoms with Crippen LogP contribution in [0.25, 0.3) is 0 Å². The Hall–Kier alpha value is -4.24. The Morgan fingerprint density at radius 2 is 1.53 bits per heavy atom. The molecule has 9 nitrogen and oxygen atoms in total. The molecule has 172 valence electrons. The normalized spacial score (nSPS) is 17.4. The zero-order valence-electron chi connectivity index (χ0n) is 17.9. The van der Waals surface area contributed by atoms with Crippen LogP contribution < -0.4 is 15.0 Å². The second-order valence-corrected chi connectivity index (χ2v) is 8.49. The summed E-state index contributed by atoms with van der Waals surface area (Å²) in [4.78, 5) is 27.6. The number of hydrogen-bond acceptors (Lipinski definition) is 8. The maximum atomic E-state index is 13.3. The number of anilines is 1. The third kappa shape index (κ3) is 2.77. The van der Waals surface area contributed by atoms with Crippen LogP contribution >= 0.6 is 0 Å². The number of piperazine rings is 1. The number of carboxylic acids is 1. The summed E-state index contributed by atoms with van der Waals surface area (Å²) >= 11 is 0. The summed E-state index contributed by atoms with van der Waals surface area (Å²) in [5.41, 5.74) is 0.279. The highest BCUT2D eigenvalue weighted by molar-refractivity contribution is 6.07. The minimum atomic E-state index is -1.51. The first kappa shape index (κ1) is 20.4. The quantitative estimate of drug-likeness (QED) is 0.427. The van der Waals surface area contributed by atoms with E-state index in [1.807, 2.05) is 0 Å². The number of esters is 1. The first-order valence-electron chi connectivity index (χ1n) is 10.8. The molecule has 3 aliphatic heterocycles. The molecule has 0 bridgehead atoms. The van der Waals surface area contributed by atoms with Gasteiger partial charge in [-0.15, -0.1) is 0 Å². The molecule has 3 aromatic rings. The number of rotatable bonds is 2. The Morgan fingerprint density at radius 1 is 0.912 bits per heavy atom. The smallest absolute Gasteiger partial charge is 0.341 e. The summed E-state index contributed by atoms with van der Waals surface area (Å²) in [6.07, 6.45) is 0. The van der Waals surface area contributed by atoms with Gasteiger partial charge in [0.2, 0.25) is 0 Å². The predicted molar refractivity (Wildman–Crippen MR) is 120 cm³/mol. The van der Waals surface area contributed by atoms with Gasteiger partial charge in [0.05, 0.1) is 11.1 Å². The van der Waals surface area contributed by atoms with Crippen molar-refractivity contribution in [1.29, 1.82) is 0 Å². The van der Waals surface area contributed by atoms with Crippen LogP contribution in [0.15, 0.2) is 48.5 Å². The fourth-order valence-corrected chi connectivity index (χ4v) is 5.08. The molecular weight excluding hydrogens is 440 g/mol. The van der Waals surface area contributed by atoms with Crippen LogP contribution in [-0.2, 0) is 10.3 Å². The van der Waals surface area contributed by atoms with Gasteiger partial charge in [0.15, 0.2) is 5.60 Å². The van der Waals surface area contributed by atoms with E-state index in [9.17, 15) is 24.9 Å². The number of fused-ring (bicyclic) bond motifs is 6. The number of phenols is 2. The number of aromatic carboxylic acids is 1. The van der Waals surface area contributed by atoms with Gasteiger partial charge in [-0.3, -0.25) is 0 Å². The lowest BCUT2D eigenvalue weighted by Gasteiger charge is -2.37. The van der Waals surface area contributed by atoms with E-state index in [1.165, 1.54) is 30.3 Å². The van der Waals surface area contributed by atoms with Crippen LogP contribution in [0.4, 0.5) is 5.69 Å². The van der Waals surface area contributed by atoms with Crippen LogP contribution in [0, 0.1) is 0 Å². The zero-order valence-corrected chi connectivity index (χ0v) is 17.9. The number of nitrogens with one attached hydrogen (secondary N) is 1. The van der Waals surface area contributed by atoms with Gasteiger partial charge < -0.3 is 35.0 Å². The van der Waals surface area contributed by atoms with Gasteiger partial charge in [-0.25, -0.2) is 9.59 Å². The van der Waals surface area contributed by atoms with E-state index < -0.39 is 17.5 Å². The van der Waals surface area contributed by atoms with Gasteiger partial charge in [0, 0.05) is 60.7 Å². The van der Waals surface area contributed by atoms with E-state index >= 15 is 0 Å². The molecule has 3 heterocycles. The molecule has 0 unspecified atom stereocenters. The van der Waals surface area contributed by atoms with Crippen LogP contribution in [0.3, 0.4) is 0 Å². The molecule has 1 fully saturated rings. The number of nitrogens with zero attached hydrogens (tertiary/aromatic N) is 1. The van der Waals surface area contributed by atoms with Crippen molar-refractivity contribution in [3.63, 3.8) is 0 Å². The highest BCUT2D eigenvalue weighted by Crippen LogP contribution is 2.57. The van der Waals surface area contributed by atoms with E-state index in [1.54, 1.807) is 18.2 Å². The average molecular weight is 460 g/mol. The molecule has 1 saturated heterocycles. The van der Waals surface area contributed by atoms with Gasteiger partial charge in [-0.05, 0) is 36.4 Å². The van der Waals surface area contributed by atoms with E-state index in [4.69, 9.17) is 9.47 Å². The number of hydrogen-bond donors (Lipinski definition) is 4. The molecule has 9 heteroatoms.